The number of hydrogen-bond acceptors (Lipinski definition) is 7. The Hall–Kier alpha value is -2.65. The Balaban J connectivity index is 1.58. The van der Waals surface area contributed by atoms with Gasteiger partial charge >= 0.3 is 22.5 Å². The van der Waals surface area contributed by atoms with Crippen molar-refractivity contribution in [2.24, 2.45) is 0 Å². The van der Waals surface area contributed by atoms with Crippen molar-refractivity contribution in [3.63, 3.8) is 0 Å². The van der Waals surface area contributed by atoms with Gasteiger partial charge in [0.05, 0.1) is 6.04 Å². The van der Waals surface area contributed by atoms with Gasteiger partial charge in [-0.15, -0.1) is 4.28 Å². The molecule has 3 aliphatic heterocycles. The number of piperidine rings is 1. The van der Waals surface area contributed by atoms with Crippen molar-refractivity contribution >= 4 is 34.3 Å². The second-order valence-electron chi connectivity index (χ2n) is 6.62. The maximum absolute atomic E-state index is 12.4. The molecule has 0 aromatic rings. The third-order valence-electron chi connectivity index (χ3n) is 4.91. The normalized spacial score (nSPS) is 27.1. The van der Waals surface area contributed by atoms with Gasteiger partial charge in [0, 0.05) is 13.1 Å². The molecule has 2 bridgehead atoms. The smallest absolute Gasteiger partial charge is 0.418 e. The van der Waals surface area contributed by atoms with Gasteiger partial charge in [0.1, 0.15) is 12.1 Å². The molecular formula is C13H19N5O9S. The van der Waals surface area contributed by atoms with Crippen LogP contribution in [0.2, 0.25) is 0 Å². The zero-order valence-electron chi connectivity index (χ0n) is 14.5. The van der Waals surface area contributed by atoms with Gasteiger partial charge in [-0.25, -0.2) is 9.59 Å². The summed E-state index contributed by atoms with van der Waals surface area (Å²) < 4.78 is 34.8. The highest BCUT2D eigenvalue weighted by molar-refractivity contribution is 7.80. The molecule has 3 fully saturated rings. The summed E-state index contributed by atoms with van der Waals surface area (Å²) in [6.07, 6.45) is 0.0247. The molecule has 156 valence electrons. The maximum atomic E-state index is 12.4. The van der Waals surface area contributed by atoms with E-state index < -0.39 is 52.5 Å². The number of carbonyl (C=O) groups is 4. The van der Waals surface area contributed by atoms with E-state index in [4.69, 9.17) is 9.66 Å². The highest BCUT2D eigenvalue weighted by Gasteiger charge is 2.49. The van der Waals surface area contributed by atoms with Crippen LogP contribution in [-0.4, -0.2) is 88.1 Å². The number of fused-ring (bicyclic) bond motifs is 2. The van der Waals surface area contributed by atoms with E-state index >= 15 is 0 Å². The van der Waals surface area contributed by atoms with E-state index in [1.54, 1.807) is 0 Å². The molecule has 3 saturated heterocycles. The average molecular weight is 421 g/mol. The molecule has 3 atom stereocenters. The van der Waals surface area contributed by atoms with E-state index in [2.05, 4.69) is 15.1 Å². The van der Waals surface area contributed by atoms with Gasteiger partial charge in [0.2, 0.25) is 0 Å². The molecule has 3 heterocycles. The zero-order chi connectivity index (χ0) is 20.6. The van der Waals surface area contributed by atoms with Crippen LogP contribution in [0.1, 0.15) is 25.7 Å². The molecule has 0 aromatic heterocycles. The van der Waals surface area contributed by atoms with Gasteiger partial charge in [0.15, 0.2) is 0 Å². The van der Waals surface area contributed by atoms with Crippen molar-refractivity contribution in [1.82, 2.24) is 25.7 Å². The second-order valence-corrected chi connectivity index (χ2v) is 7.63. The van der Waals surface area contributed by atoms with Crippen molar-refractivity contribution < 1.29 is 41.5 Å². The fourth-order valence-electron chi connectivity index (χ4n) is 3.66. The van der Waals surface area contributed by atoms with Crippen LogP contribution in [0.4, 0.5) is 9.59 Å². The molecule has 28 heavy (non-hydrogen) atoms. The molecule has 0 aromatic carbocycles. The molecule has 0 radical (unpaired) electrons. The number of rotatable bonds is 4. The topological polar surface area (TPSA) is 186 Å². The summed E-state index contributed by atoms with van der Waals surface area (Å²) in [7, 11) is -4.89. The molecule has 0 unspecified atom stereocenters. The Morgan fingerprint density at radius 1 is 1.07 bits per heavy atom. The van der Waals surface area contributed by atoms with Crippen LogP contribution in [0, 0.1) is 0 Å². The number of nitrogens with one attached hydrogen (secondary N) is 2. The molecule has 0 saturated carbocycles. The largest absolute Gasteiger partial charge is 0.465 e. The maximum Gasteiger partial charge on any atom is 0.418 e. The molecule has 4 N–H and O–H groups in total. The number of hydrazine groups is 1. The summed E-state index contributed by atoms with van der Waals surface area (Å²) >= 11 is 0. The minimum atomic E-state index is -4.89. The zero-order valence-corrected chi connectivity index (χ0v) is 15.3. The van der Waals surface area contributed by atoms with E-state index in [0.717, 1.165) is 9.80 Å². The van der Waals surface area contributed by atoms with E-state index in [-0.39, 0.29) is 25.9 Å². The third-order valence-corrected chi connectivity index (χ3v) is 5.26. The van der Waals surface area contributed by atoms with Crippen molar-refractivity contribution in [2.75, 3.05) is 13.1 Å². The number of likely N-dealkylation sites (tertiary alicyclic amines) is 1. The predicted molar refractivity (Wildman–Crippen MR) is 87.4 cm³/mol. The minimum Gasteiger partial charge on any atom is -0.465 e. The molecular weight excluding hydrogens is 402 g/mol. The van der Waals surface area contributed by atoms with Gasteiger partial charge < -0.3 is 10.0 Å². The summed E-state index contributed by atoms with van der Waals surface area (Å²) in [6.45, 7) is 0.229. The van der Waals surface area contributed by atoms with Crippen molar-refractivity contribution in [3.05, 3.63) is 0 Å². The molecule has 0 spiro atoms. The number of carboxylic acid groups (broad SMARTS) is 1. The van der Waals surface area contributed by atoms with E-state index in [0.29, 0.717) is 17.9 Å². The SMILES string of the molecule is O=C(NNC(=O)[C@@H]1CC[C@@H]2CN1C(=O)N2OS(=O)(=O)O)[C@H]1CCCN1C(=O)O. The summed E-state index contributed by atoms with van der Waals surface area (Å²) in [5, 5.41) is 9.56. The number of urea groups is 1. The number of hydrogen-bond donors (Lipinski definition) is 4. The van der Waals surface area contributed by atoms with E-state index in [9.17, 15) is 27.6 Å². The molecule has 5 amide bonds. The van der Waals surface area contributed by atoms with Gasteiger partial charge in [-0.2, -0.15) is 13.5 Å². The monoisotopic (exact) mass is 421 g/mol. The van der Waals surface area contributed by atoms with Gasteiger partial charge in [-0.3, -0.25) is 29.9 Å². The van der Waals surface area contributed by atoms with Crippen LogP contribution >= 0.6 is 0 Å². The first-order valence-corrected chi connectivity index (χ1v) is 9.81. The Morgan fingerprint density at radius 3 is 2.32 bits per heavy atom. The van der Waals surface area contributed by atoms with Crippen LogP contribution in [0.25, 0.3) is 0 Å². The number of carbonyl (C=O) groups excluding carboxylic acids is 3. The quantitative estimate of drug-likeness (QED) is 0.302. The summed E-state index contributed by atoms with van der Waals surface area (Å²) in [4.78, 5) is 49.9. The first kappa shape index (κ1) is 20.1. The Morgan fingerprint density at radius 2 is 1.71 bits per heavy atom. The molecule has 0 aliphatic carbocycles. The first-order chi connectivity index (χ1) is 13.1. The molecule has 14 nitrogen and oxygen atoms in total. The van der Waals surface area contributed by atoms with Crippen molar-refractivity contribution in [2.45, 2.75) is 43.8 Å². The van der Waals surface area contributed by atoms with Crippen LogP contribution in [-0.2, 0) is 24.3 Å². The first-order valence-electron chi connectivity index (χ1n) is 8.44. The number of hydroxylamine groups is 2. The second kappa shape index (κ2) is 7.40. The number of nitrogens with zero attached hydrogens (tertiary/aromatic N) is 3. The van der Waals surface area contributed by atoms with Crippen LogP contribution < -0.4 is 10.9 Å². The van der Waals surface area contributed by atoms with Crippen molar-refractivity contribution in [3.8, 4) is 0 Å². The van der Waals surface area contributed by atoms with Crippen LogP contribution in [0.3, 0.4) is 0 Å². The highest BCUT2D eigenvalue weighted by atomic mass is 32.3. The molecule has 3 rings (SSSR count). The standard InChI is InChI=1S/C13H19N5O9S/c19-10(8-2-1-5-16(8)13(22)23)14-15-11(20)9-4-3-7-6-17(9)12(21)18(7)27-28(24,25)26/h7-9H,1-6H2,(H,14,19)(H,15,20)(H,22,23)(H,24,25,26)/t7-,8-,9+/m1/s1. The lowest BCUT2D eigenvalue weighted by molar-refractivity contribution is -0.133. The predicted octanol–water partition coefficient (Wildman–Crippen LogP) is -1.72. The van der Waals surface area contributed by atoms with E-state index in [1.165, 1.54) is 0 Å². The number of amides is 5. The minimum absolute atomic E-state index is 0.00973. The van der Waals surface area contributed by atoms with Crippen molar-refractivity contribution in [1.29, 1.82) is 0 Å². The Labute approximate surface area is 159 Å². The fourth-order valence-corrected chi connectivity index (χ4v) is 4.05. The van der Waals surface area contributed by atoms with Crippen LogP contribution in [0.15, 0.2) is 0 Å². The summed E-state index contributed by atoms with van der Waals surface area (Å²) in [5.41, 5.74) is 4.34. The van der Waals surface area contributed by atoms with Crippen LogP contribution in [0.5, 0.6) is 0 Å². The average Bonchev–Trinajstić information content (AvgIpc) is 3.19. The van der Waals surface area contributed by atoms with Gasteiger partial charge in [-0.1, -0.05) is 0 Å². The van der Waals surface area contributed by atoms with Gasteiger partial charge in [0.25, 0.3) is 11.8 Å². The van der Waals surface area contributed by atoms with Gasteiger partial charge in [-0.05, 0) is 25.7 Å². The lowest BCUT2D eigenvalue weighted by atomic mass is 10.0. The highest BCUT2D eigenvalue weighted by Crippen LogP contribution is 2.30. The molecule has 3 aliphatic rings. The lowest BCUT2D eigenvalue weighted by Gasteiger charge is -2.29. The lowest BCUT2D eigenvalue weighted by Crippen LogP contribution is -2.57. The molecule has 15 heteroatoms. The van der Waals surface area contributed by atoms with E-state index in [1.807, 2.05) is 0 Å². The fraction of sp³-hybridized carbons (Fsp3) is 0.692. The third kappa shape index (κ3) is 3.95. The summed E-state index contributed by atoms with van der Waals surface area (Å²) in [6, 6.07) is -3.45. The Kier molecular flexibility index (Phi) is 5.31. The Bertz CT molecular complexity index is 802. The summed E-state index contributed by atoms with van der Waals surface area (Å²) in [5.74, 6) is -1.40.